The molecule has 1 N–H and O–H groups in total. The topological polar surface area (TPSA) is 90.2 Å². The zero-order chi connectivity index (χ0) is 20.5. The van der Waals surface area contributed by atoms with Crippen LogP contribution in [0.5, 0.6) is 0 Å². The van der Waals surface area contributed by atoms with E-state index >= 15 is 0 Å². The normalized spacial score (nSPS) is 14.4. The molecule has 0 spiro atoms. The van der Waals surface area contributed by atoms with Gasteiger partial charge in [0.05, 0.1) is 20.0 Å². The second-order valence-corrected chi connectivity index (χ2v) is 6.67. The van der Waals surface area contributed by atoms with E-state index < -0.39 is 5.97 Å². The Morgan fingerprint density at radius 1 is 1.21 bits per heavy atom. The highest BCUT2D eigenvalue weighted by Gasteiger charge is 2.25. The summed E-state index contributed by atoms with van der Waals surface area (Å²) in [4.78, 5) is 21.4. The minimum absolute atomic E-state index is 0.0132. The van der Waals surface area contributed by atoms with Crippen LogP contribution < -0.4 is 0 Å². The molecule has 29 heavy (non-hydrogen) atoms. The first-order chi connectivity index (χ1) is 14.2. The van der Waals surface area contributed by atoms with Crippen LogP contribution in [0.3, 0.4) is 0 Å². The molecule has 1 aliphatic carbocycles. The molecule has 1 aliphatic rings. The lowest BCUT2D eigenvalue weighted by Gasteiger charge is -2.13. The highest BCUT2D eigenvalue weighted by atomic mass is 16.6. The Balaban J connectivity index is 1.80. The highest BCUT2D eigenvalue weighted by molar-refractivity contribution is 6.18. The van der Waals surface area contributed by atoms with E-state index in [0.29, 0.717) is 36.7 Å². The van der Waals surface area contributed by atoms with Crippen molar-refractivity contribution < 1.29 is 24.2 Å². The summed E-state index contributed by atoms with van der Waals surface area (Å²) in [5.74, 6) is -0.331. The van der Waals surface area contributed by atoms with Gasteiger partial charge < -0.3 is 19.4 Å². The van der Waals surface area contributed by atoms with Crippen LogP contribution in [0.4, 0.5) is 0 Å². The summed E-state index contributed by atoms with van der Waals surface area (Å²) in [6.07, 6.45) is 5.78. The number of pyridine rings is 1. The minimum atomic E-state index is -1.10. The van der Waals surface area contributed by atoms with Crippen LogP contribution in [-0.4, -0.2) is 42.3 Å². The molecule has 0 unspecified atom stereocenters. The third-order valence-electron chi connectivity index (χ3n) is 4.39. The van der Waals surface area contributed by atoms with Crippen LogP contribution in [0.1, 0.15) is 29.7 Å². The van der Waals surface area contributed by atoms with Crippen LogP contribution in [0, 0.1) is 5.92 Å². The van der Waals surface area contributed by atoms with Gasteiger partial charge in [-0.25, -0.2) is 4.79 Å². The average molecular weight is 396 g/mol. The Hall–Kier alpha value is -3.35. The molecule has 1 aromatic heterocycles. The molecule has 7 nitrogen and oxygen atoms in total. The van der Waals surface area contributed by atoms with E-state index in [1.54, 1.807) is 30.5 Å². The van der Waals surface area contributed by atoms with E-state index in [1.165, 1.54) is 13.4 Å². The molecule has 0 atom stereocenters. The predicted molar refractivity (Wildman–Crippen MR) is 108 cm³/mol. The maximum Gasteiger partial charge on any atom is 0.339 e. The quantitative estimate of drug-likeness (QED) is 0.165. The summed E-state index contributed by atoms with van der Waals surface area (Å²) in [6, 6.07) is 12.7. The summed E-state index contributed by atoms with van der Waals surface area (Å²) in [6.45, 7) is 0.850. The van der Waals surface area contributed by atoms with Crippen molar-refractivity contribution in [3.8, 4) is 0 Å². The number of aliphatic carboxylic acids is 1. The fourth-order valence-corrected chi connectivity index (χ4v) is 2.69. The lowest BCUT2D eigenvalue weighted by molar-refractivity contribution is -0.130. The van der Waals surface area contributed by atoms with Crippen LogP contribution in [0.2, 0.25) is 0 Å². The Morgan fingerprint density at radius 3 is 2.62 bits per heavy atom. The number of aromatic nitrogens is 1. The maximum atomic E-state index is 11.7. The largest absolute Gasteiger partial charge is 0.503 e. The smallest absolute Gasteiger partial charge is 0.339 e. The van der Waals surface area contributed by atoms with Gasteiger partial charge in [-0.1, -0.05) is 24.3 Å². The van der Waals surface area contributed by atoms with Crippen molar-refractivity contribution in [2.24, 2.45) is 11.1 Å². The van der Waals surface area contributed by atoms with Gasteiger partial charge in [-0.15, -0.1) is 0 Å². The number of hydrogen-bond acceptors (Lipinski definition) is 6. The summed E-state index contributed by atoms with van der Waals surface area (Å²) in [5.41, 5.74) is 1.90. The third kappa shape index (κ3) is 6.07. The van der Waals surface area contributed by atoms with Crippen molar-refractivity contribution in [2.75, 3.05) is 20.3 Å². The van der Waals surface area contributed by atoms with Gasteiger partial charge in [0.15, 0.2) is 0 Å². The van der Waals surface area contributed by atoms with E-state index in [2.05, 4.69) is 10.1 Å². The first-order valence-electron chi connectivity index (χ1n) is 9.47. The summed E-state index contributed by atoms with van der Waals surface area (Å²) < 4.78 is 10.8. The van der Waals surface area contributed by atoms with Crippen LogP contribution in [0.25, 0.3) is 5.57 Å². The molecule has 1 heterocycles. The van der Waals surface area contributed by atoms with Crippen molar-refractivity contribution in [3.05, 3.63) is 71.7 Å². The van der Waals surface area contributed by atoms with Crippen LogP contribution in [0.15, 0.2) is 60.1 Å². The number of benzene rings is 1. The molecule has 7 heteroatoms. The molecule has 0 aliphatic heterocycles. The van der Waals surface area contributed by atoms with Crippen LogP contribution in [-0.2, 0) is 25.5 Å². The zero-order valence-electron chi connectivity index (χ0n) is 16.3. The minimum Gasteiger partial charge on any atom is -0.503 e. The third-order valence-corrected chi connectivity index (χ3v) is 4.39. The molecule has 0 amide bonds. The number of nitrogens with zero attached hydrogens (tertiary/aromatic N) is 2. The second kappa shape index (κ2) is 10.3. The van der Waals surface area contributed by atoms with Crippen molar-refractivity contribution in [1.29, 1.82) is 0 Å². The fourth-order valence-electron chi connectivity index (χ4n) is 2.69. The number of carbonyl (C=O) groups is 1. The van der Waals surface area contributed by atoms with E-state index in [1.807, 2.05) is 18.2 Å². The van der Waals surface area contributed by atoms with E-state index in [-0.39, 0.29) is 11.5 Å². The molecular formula is C22H24N2O5. The molecule has 1 fully saturated rings. The molecule has 0 saturated heterocycles. The van der Waals surface area contributed by atoms with E-state index in [0.717, 1.165) is 18.5 Å². The Labute approximate surface area is 169 Å². The SMILES string of the molecule is CO/C=C(/C(=O)O)c1ccccc1/C(=N/OCCc1ccccn1)OCC1CC1. The van der Waals surface area contributed by atoms with E-state index in [4.69, 9.17) is 14.3 Å². The van der Waals surface area contributed by atoms with Crippen molar-refractivity contribution >= 4 is 17.4 Å². The van der Waals surface area contributed by atoms with Crippen molar-refractivity contribution in [1.82, 2.24) is 4.98 Å². The van der Waals surface area contributed by atoms with Gasteiger partial charge >= 0.3 is 5.97 Å². The standard InChI is InChI=1S/C22H24N2O5/c1-27-15-20(22(25)26)18-7-2-3-8-19(18)21(28-14-16-9-10-16)24-29-13-11-17-6-4-5-12-23-17/h2-8,12,15-16H,9-11,13-14H2,1H3,(H,25,26)/b20-15+,24-21-. The van der Waals surface area contributed by atoms with Gasteiger partial charge in [0.2, 0.25) is 0 Å². The number of carboxylic acid groups (broad SMARTS) is 1. The molecular weight excluding hydrogens is 372 g/mol. The van der Waals surface area contributed by atoms with Gasteiger partial charge in [-0.05, 0) is 42.1 Å². The molecule has 2 aromatic rings. The first-order valence-corrected chi connectivity index (χ1v) is 9.47. The lowest BCUT2D eigenvalue weighted by Crippen LogP contribution is -2.14. The van der Waals surface area contributed by atoms with Gasteiger partial charge in [0, 0.05) is 29.4 Å². The number of methoxy groups -OCH3 is 1. The number of rotatable bonds is 10. The molecule has 0 bridgehead atoms. The summed E-state index contributed by atoms with van der Waals surface area (Å²) >= 11 is 0. The average Bonchev–Trinajstić information content (AvgIpc) is 3.57. The fraction of sp³-hybridized carbons (Fsp3) is 0.318. The maximum absolute atomic E-state index is 11.7. The van der Waals surface area contributed by atoms with Crippen molar-refractivity contribution in [3.63, 3.8) is 0 Å². The molecule has 152 valence electrons. The highest BCUT2D eigenvalue weighted by Crippen LogP contribution is 2.30. The number of oxime groups is 1. The van der Waals surface area contributed by atoms with Gasteiger partial charge in [-0.2, -0.15) is 0 Å². The van der Waals surface area contributed by atoms with Gasteiger partial charge in [0.1, 0.15) is 12.2 Å². The molecule has 1 saturated carbocycles. The monoisotopic (exact) mass is 396 g/mol. The summed E-state index contributed by atoms with van der Waals surface area (Å²) in [5, 5.41) is 13.7. The Morgan fingerprint density at radius 2 is 1.97 bits per heavy atom. The molecule has 0 radical (unpaired) electrons. The van der Waals surface area contributed by atoms with Gasteiger partial charge in [-0.3, -0.25) is 4.98 Å². The second-order valence-electron chi connectivity index (χ2n) is 6.67. The number of ether oxygens (including phenoxy) is 2. The Kier molecular flexibility index (Phi) is 7.22. The van der Waals surface area contributed by atoms with E-state index in [9.17, 15) is 9.90 Å². The van der Waals surface area contributed by atoms with Crippen LogP contribution >= 0.6 is 0 Å². The molecule has 1 aromatic carbocycles. The summed E-state index contributed by atoms with van der Waals surface area (Å²) in [7, 11) is 1.41. The number of hydrogen-bond donors (Lipinski definition) is 1. The Bertz CT molecular complexity index is 876. The van der Waals surface area contributed by atoms with Crippen molar-refractivity contribution in [2.45, 2.75) is 19.3 Å². The first kappa shape index (κ1) is 20.4. The molecule has 3 rings (SSSR count). The van der Waals surface area contributed by atoms with Gasteiger partial charge in [0.25, 0.3) is 5.90 Å². The predicted octanol–water partition coefficient (Wildman–Crippen LogP) is 3.50. The zero-order valence-corrected chi connectivity index (χ0v) is 16.3. The lowest BCUT2D eigenvalue weighted by atomic mass is 10.0. The number of carboxylic acids is 1.